The summed E-state index contributed by atoms with van der Waals surface area (Å²) in [4.78, 5) is 5.98. The maximum Gasteiger partial charge on any atom is 0.116 e. The Morgan fingerprint density at radius 3 is 3.19 bits per heavy atom. The zero-order valence-corrected chi connectivity index (χ0v) is 10.4. The zero-order chi connectivity index (χ0) is 11.2. The van der Waals surface area contributed by atoms with Crippen LogP contribution in [0, 0.1) is 0 Å². The Hall–Kier alpha value is -1.20. The lowest BCUT2D eigenvalue weighted by molar-refractivity contribution is 0.632. The van der Waals surface area contributed by atoms with Crippen molar-refractivity contribution in [3.63, 3.8) is 0 Å². The van der Waals surface area contributed by atoms with Crippen molar-refractivity contribution in [1.82, 2.24) is 14.9 Å². The first-order valence-electron chi connectivity index (χ1n) is 5.14. The number of aryl methyl sites for hydroxylation is 1. The van der Waals surface area contributed by atoms with Gasteiger partial charge in [-0.15, -0.1) is 11.3 Å². The third kappa shape index (κ3) is 3.15. The van der Waals surface area contributed by atoms with Crippen molar-refractivity contribution in [1.29, 1.82) is 0 Å². The molecule has 0 aliphatic rings. The fourth-order valence-corrected chi connectivity index (χ4v) is 2.33. The van der Waals surface area contributed by atoms with Crippen molar-refractivity contribution in [2.24, 2.45) is 0 Å². The molecule has 0 atom stereocenters. The Bertz CT molecular complexity index is 420. The first kappa shape index (κ1) is 11.3. The summed E-state index contributed by atoms with van der Waals surface area (Å²) in [6.07, 6.45) is 6.64. The monoisotopic (exact) mass is 251 g/mol. The highest BCUT2D eigenvalue weighted by Crippen LogP contribution is 2.08. The summed E-state index contributed by atoms with van der Waals surface area (Å²) < 4.78 is 2.07. The maximum absolute atomic E-state index is 5.27. The summed E-state index contributed by atoms with van der Waals surface area (Å²) in [5.74, 6) is 0. The first-order valence-corrected chi connectivity index (χ1v) is 6.42. The Morgan fingerprint density at radius 1 is 1.56 bits per heavy atom. The molecule has 3 nitrogen and oxygen atoms in total. The number of imidazole rings is 1. The van der Waals surface area contributed by atoms with Crippen LogP contribution in [0.1, 0.15) is 11.3 Å². The molecule has 2 heterocycles. The topological polar surface area (TPSA) is 29.9 Å². The SMILES string of the molecule is S=C(NCCCn1ccnc1)c1cccs1. The molecule has 2 aromatic heterocycles. The van der Waals surface area contributed by atoms with Gasteiger partial charge in [-0.3, -0.25) is 0 Å². The molecule has 0 saturated heterocycles. The van der Waals surface area contributed by atoms with E-state index >= 15 is 0 Å². The number of aromatic nitrogens is 2. The standard InChI is InChI=1S/C11H13N3S2/c15-11(10-3-1-8-16-10)13-4-2-6-14-7-5-12-9-14/h1,3,5,7-9H,2,4,6H2,(H,13,15). The fourth-order valence-electron chi connectivity index (χ4n) is 1.38. The summed E-state index contributed by atoms with van der Waals surface area (Å²) in [7, 11) is 0. The van der Waals surface area contributed by atoms with Crippen LogP contribution in [-0.4, -0.2) is 21.1 Å². The number of hydrogen-bond donors (Lipinski definition) is 1. The van der Waals surface area contributed by atoms with Crippen LogP contribution in [0.3, 0.4) is 0 Å². The fraction of sp³-hybridized carbons (Fsp3) is 0.273. The van der Waals surface area contributed by atoms with Crippen LogP contribution in [0.4, 0.5) is 0 Å². The van der Waals surface area contributed by atoms with E-state index in [9.17, 15) is 0 Å². The number of rotatable bonds is 5. The van der Waals surface area contributed by atoms with Crippen LogP contribution in [0.5, 0.6) is 0 Å². The van der Waals surface area contributed by atoms with Gasteiger partial charge in [0.2, 0.25) is 0 Å². The average molecular weight is 251 g/mol. The molecule has 0 aliphatic carbocycles. The van der Waals surface area contributed by atoms with Gasteiger partial charge in [0.15, 0.2) is 0 Å². The highest BCUT2D eigenvalue weighted by Gasteiger charge is 2.00. The molecule has 0 radical (unpaired) electrons. The van der Waals surface area contributed by atoms with Gasteiger partial charge in [-0.1, -0.05) is 18.3 Å². The average Bonchev–Trinajstić information content (AvgIpc) is 2.96. The van der Waals surface area contributed by atoms with E-state index in [0.717, 1.165) is 29.4 Å². The van der Waals surface area contributed by atoms with Crippen molar-refractivity contribution in [3.05, 3.63) is 41.1 Å². The molecule has 0 aliphatic heterocycles. The highest BCUT2D eigenvalue weighted by molar-refractivity contribution is 7.81. The Morgan fingerprint density at radius 2 is 2.50 bits per heavy atom. The first-order chi connectivity index (χ1) is 7.86. The van der Waals surface area contributed by atoms with Gasteiger partial charge < -0.3 is 9.88 Å². The lowest BCUT2D eigenvalue weighted by Gasteiger charge is -2.06. The van der Waals surface area contributed by atoms with Gasteiger partial charge in [-0.2, -0.15) is 0 Å². The minimum atomic E-state index is 0.848. The van der Waals surface area contributed by atoms with Crippen LogP contribution in [0.15, 0.2) is 36.2 Å². The second kappa shape index (κ2) is 5.77. The smallest absolute Gasteiger partial charge is 0.116 e. The summed E-state index contributed by atoms with van der Waals surface area (Å²) in [5, 5.41) is 5.29. The van der Waals surface area contributed by atoms with Crippen molar-refractivity contribution in [2.75, 3.05) is 6.54 Å². The molecule has 1 N–H and O–H groups in total. The molecule has 84 valence electrons. The van der Waals surface area contributed by atoms with Crippen molar-refractivity contribution < 1.29 is 0 Å². The van der Waals surface area contributed by atoms with E-state index in [4.69, 9.17) is 12.2 Å². The third-order valence-corrected chi connectivity index (χ3v) is 3.56. The molecule has 0 saturated carbocycles. The van der Waals surface area contributed by atoms with Gasteiger partial charge in [0.05, 0.1) is 11.2 Å². The lowest BCUT2D eigenvalue weighted by Crippen LogP contribution is -2.23. The zero-order valence-electron chi connectivity index (χ0n) is 8.80. The number of hydrogen-bond acceptors (Lipinski definition) is 3. The van der Waals surface area contributed by atoms with E-state index in [1.165, 1.54) is 0 Å². The number of nitrogens with one attached hydrogen (secondary N) is 1. The molecule has 2 rings (SSSR count). The summed E-state index contributed by atoms with van der Waals surface area (Å²) >= 11 is 6.94. The van der Waals surface area contributed by atoms with Gasteiger partial charge in [-0.05, 0) is 17.9 Å². The summed E-state index contributed by atoms with van der Waals surface area (Å²) in [5.41, 5.74) is 0. The molecular formula is C11H13N3S2. The Labute approximate surface area is 104 Å². The molecule has 0 unspecified atom stereocenters. The Balaban J connectivity index is 1.67. The van der Waals surface area contributed by atoms with Crippen molar-refractivity contribution in [2.45, 2.75) is 13.0 Å². The van der Waals surface area contributed by atoms with Gasteiger partial charge in [0.1, 0.15) is 4.99 Å². The predicted molar refractivity (Wildman–Crippen MR) is 70.9 cm³/mol. The minimum Gasteiger partial charge on any atom is -0.375 e. The second-order valence-corrected chi connectivity index (χ2v) is 4.74. The van der Waals surface area contributed by atoms with Crippen LogP contribution in [0.25, 0.3) is 0 Å². The molecule has 5 heteroatoms. The van der Waals surface area contributed by atoms with Crippen LogP contribution in [-0.2, 0) is 6.54 Å². The van der Waals surface area contributed by atoms with E-state index in [1.54, 1.807) is 17.5 Å². The van der Waals surface area contributed by atoms with E-state index in [-0.39, 0.29) is 0 Å². The Kier molecular flexibility index (Phi) is 4.07. The molecule has 16 heavy (non-hydrogen) atoms. The van der Waals surface area contributed by atoms with E-state index < -0.39 is 0 Å². The summed E-state index contributed by atoms with van der Waals surface area (Å²) in [6.45, 7) is 1.87. The van der Waals surface area contributed by atoms with Gasteiger partial charge in [0, 0.05) is 25.5 Å². The number of thiocarbonyl (C=S) groups is 1. The molecule has 0 bridgehead atoms. The quantitative estimate of drug-likeness (QED) is 0.653. The van der Waals surface area contributed by atoms with Crippen LogP contribution >= 0.6 is 23.6 Å². The van der Waals surface area contributed by atoms with Gasteiger partial charge >= 0.3 is 0 Å². The van der Waals surface area contributed by atoms with Gasteiger partial charge in [-0.25, -0.2) is 4.98 Å². The normalized spacial score (nSPS) is 10.2. The molecule has 0 spiro atoms. The number of thiophene rings is 1. The van der Waals surface area contributed by atoms with Crippen molar-refractivity contribution >= 4 is 28.5 Å². The third-order valence-electron chi connectivity index (χ3n) is 2.18. The predicted octanol–water partition coefficient (Wildman–Crippen LogP) is 2.30. The van der Waals surface area contributed by atoms with E-state index in [2.05, 4.69) is 14.9 Å². The molecule has 0 fully saturated rings. The molecular weight excluding hydrogens is 238 g/mol. The largest absolute Gasteiger partial charge is 0.375 e. The molecule has 2 aromatic rings. The molecule has 0 amide bonds. The summed E-state index contributed by atoms with van der Waals surface area (Å²) in [6, 6.07) is 4.05. The highest BCUT2D eigenvalue weighted by atomic mass is 32.1. The van der Waals surface area contributed by atoms with E-state index in [1.807, 2.05) is 30.0 Å². The maximum atomic E-state index is 5.27. The minimum absolute atomic E-state index is 0.848. The lowest BCUT2D eigenvalue weighted by atomic mass is 10.4. The van der Waals surface area contributed by atoms with Crippen LogP contribution in [0.2, 0.25) is 0 Å². The van der Waals surface area contributed by atoms with Crippen molar-refractivity contribution in [3.8, 4) is 0 Å². The number of nitrogens with zero attached hydrogens (tertiary/aromatic N) is 2. The van der Waals surface area contributed by atoms with Gasteiger partial charge in [0.25, 0.3) is 0 Å². The van der Waals surface area contributed by atoms with Crippen LogP contribution < -0.4 is 5.32 Å². The second-order valence-electron chi connectivity index (χ2n) is 3.39. The molecule has 0 aromatic carbocycles. The van der Waals surface area contributed by atoms with E-state index in [0.29, 0.717) is 0 Å².